The molecule has 200 valence electrons. The predicted molar refractivity (Wildman–Crippen MR) is 138 cm³/mol. The van der Waals surface area contributed by atoms with E-state index in [1.54, 1.807) is 6.92 Å². The van der Waals surface area contributed by atoms with Gasteiger partial charge in [-0.15, -0.1) is 0 Å². The van der Waals surface area contributed by atoms with Gasteiger partial charge in [0.2, 0.25) is 0 Å². The van der Waals surface area contributed by atoms with Gasteiger partial charge in [-0.05, 0) is 58.1 Å². The topological polar surface area (TPSA) is 54.6 Å². The van der Waals surface area contributed by atoms with Crippen LogP contribution in [0.25, 0.3) is 10.9 Å². The third-order valence-electron chi connectivity index (χ3n) is 6.64. The van der Waals surface area contributed by atoms with Crippen molar-refractivity contribution < 1.29 is 27.4 Å². The molecule has 1 atom stereocenters. The third kappa shape index (κ3) is 6.47. The number of esters is 1. The van der Waals surface area contributed by atoms with E-state index in [0.717, 1.165) is 22.9 Å². The van der Waals surface area contributed by atoms with Gasteiger partial charge in [-0.25, -0.2) is 13.2 Å². The van der Waals surface area contributed by atoms with E-state index >= 15 is 8.78 Å². The van der Waals surface area contributed by atoms with Crippen molar-refractivity contribution in [3.63, 3.8) is 0 Å². The minimum absolute atomic E-state index is 0.0371. The summed E-state index contributed by atoms with van der Waals surface area (Å²) >= 11 is 0. The zero-order valence-corrected chi connectivity index (χ0v) is 21.7. The summed E-state index contributed by atoms with van der Waals surface area (Å²) in [6.07, 6.45) is 3.05. The molecular weight excluding hydrogens is 481 g/mol. The molecule has 0 fully saturated rings. The number of ether oxygens (including phenoxy) is 2. The SMILES string of the molecule is CCOC(=O)CCCCCOc1cc(F)c(C2c3[nH]c4ccccc4c3CCN2CC(C)(C)F)c(F)c1. The van der Waals surface area contributed by atoms with Crippen LogP contribution in [0.1, 0.15) is 69.3 Å². The second kappa shape index (κ2) is 11.6. The van der Waals surface area contributed by atoms with Gasteiger partial charge in [-0.2, -0.15) is 0 Å². The average molecular weight is 517 g/mol. The number of nitrogens with one attached hydrogen (secondary N) is 1. The Morgan fingerprint density at radius 3 is 2.57 bits per heavy atom. The number of H-pyrrole nitrogens is 1. The number of fused-ring (bicyclic) bond motifs is 3. The number of nitrogens with zero attached hydrogens (tertiary/aromatic N) is 1. The van der Waals surface area contributed by atoms with Gasteiger partial charge in [0.15, 0.2) is 0 Å². The van der Waals surface area contributed by atoms with E-state index in [2.05, 4.69) is 4.98 Å². The van der Waals surface area contributed by atoms with Crippen molar-refractivity contribution in [3.8, 4) is 5.75 Å². The number of unbranched alkanes of at least 4 members (excludes halogenated alkanes) is 2. The molecule has 0 saturated carbocycles. The van der Waals surface area contributed by atoms with Gasteiger partial charge in [-0.3, -0.25) is 9.69 Å². The molecule has 1 aromatic heterocycles. The minimum atomic E-state index is -1.54. The lowest BCUT2D eigenvalue weighted by Gasteiger charge is -2.38. The number of hydrogen-bond acceptors (Lipinski definition) is 4. The van der Waals surface area contributed by atoms with Crippen LogP contribution in [0.3, 0.4) is 0 Å². The van der Waals surface area contributed by atoms with Crippen LogP contribution in [0.15, 0.2) is 36.4 Å². The van der Waals surface area contributed by atoms with Gasteiger partial charge < -0.3 is 14.5 Å². The van der Waals surface area contributed by atoms with Crippen molar-refractivity contribution in [2.24, 2.45) is 0 Å². The number of carbonyl (C=O) groups excluding carboxylic acids is 1. The Bertz CT molecular complexity index is 1210. The van der Waals surface area contributed by atoms with E-state index in [4.69, 9.17) is 9.47 Å². The highest BCUT2D eigenvalue weighted by atomic mass is 19.1. The maximum absolute atomic E-state index is 15.5. The van der Waals surface area contributed by atoms with E-state index < -0.39 is 23.3 Å². The van der Waals surface area contributed by atoms with E-state index in [-0.39, 0.29) is 30.4 Å². The van der Waals surface area contributed by atoms with Crippen LogP contribution in [0.5, 0.6) is 5.75 Å². The molecule has 37 heavy (non-hydrogen) atoms. The highest BCUT2D eigenvalue weighted by Gasteiger charge is 2.37. The average Bonchev–Trinajstić information content (AvgIpc) is 3.20. The molecule has 4 rings (SSSR count). The molecule has 0 saturated heterocycles. The number of aromatic amines is 1. The lowest BCUT2D eigenvalue weighted by molar-refractivity contribution is -0.143. The molecule has 1 unspecified atom stereocenters. The first kappa shape index (κ1) is 27.0. The summed E-state index contributed by atoms with van der Waals surface area (Å²) in [5.74, 6) is -1.57. The van der Waals surface area contributed by atoms with Crippen molar-refractivity contribution in [1.29, 1.82) is 0 Å². The fourth-order valence-electron chi connectivity index (χ4n) is 5.15. The fourth-order valence-corrected chi connectivity index (χ4v) is 5.15. The highest BCUT2D eigenvalue weighted by Crippen LogP contribution is 2.41. The number of hydrogen-bond donors (Lipinski definition) is 1. The molecule has 0 radical (unpaired) electrons. The molecule has 3 aromatic rings. The number of aromatic nitrogens is 1. The van der Waals surface area contributed by atoms with E-state index in [1.807, 2.05) is 29.2 Å². The molecule has 5 nitrogen and oxygen atoms in total. The number of alkyl halides is 1. The van der Waals surface area contributed by atoms with Crippen LogP contribution in [-0.2, 0) is 16.0 Å². The van der Waals surface area contributed by atoms with Crippen molar-refractivity contribution in [3.05, 3.63) is 64.9 Å². The quantitative estimate of drug-likeness (QED) is 0.229. The van der Waals surface area contributed by atoms with E-state index in [0.29, 0.717) is 44.5 Å². The molecular formula is C29H35F3N2O3. The second-order valence-electron chi connectivity index (χ2n) is 10.2. The van der Waals surface area contributed by atoms with Gasteiger partial charge in [0.25, 0.3) is 0 Å². The Kier molecular flexibility index (Phi) is 8.47. The zero-order valence-electron chi connectivity index (χ0n) is 21.7. The van der Waals surface area contributed by atoms with Crippen molar-refractivity contribution in [2.75, 3.05) is 26.3 Å². The van der Waals surface area contributed by atoms with Crippen molar-refractivity contribution in [1.82, 2.24) is 9.88 Å². The molecule has 0 amide bonds. The largest absolute Gasteiger partial charge is 0.493 e. The number of carbonyl (C=O) groups is 1. The Hall–Kier alpha value is -3.00. The van der Waals surface area contributed by atoms with Crippen LogP contribution in [0.2, 0.25) is 0 Å². The van der Waals surface area contributed by atoms with Gasteiger partial charge in [0.05, 0.1) is 19.3 Å². The number of halogens is 3. The van der Waals surface area contributed by atoms with Gasteiger partial charge in [0, 0.05) is 53.8 Å². The van der Waals surface area contributed by atoms with E-state index in [1.165, 1.54) is 26.0 Å². The van der Waals surface area contributed by atoms with Crippen LogP contribution in [-0.4, -0.2) is 47.8 Å². The molecule has 0 aliphatic carbocycles. The molecule has 0 bridgehead atoms. The first-order chi connectivity index (χ1) is 17.7. The monoisotopic (exact) mass is 516 g/mol. The normalized spacial score (nSPS) is 16.1. The molecule has 1 aliphatic heterocycles. The lowest BCUT2D eigenvalue weighted by Crippen LogP contribution is -2.43. The summed E-state index contributed by atoms with van der Waals surface area (Å²) < 4.78 is 56.3. The maximum Gasteiger partial charge on any atom is 0.305 e. The Balaban J connectivity index is 1.54. The van der Waals surface area contributed by atoms with E-state index in [9.17, 15) is 9.18 Å². The first-order valence-electron chi connectivity index (χ1n) is 13.0. The summed E-state index contributed by atoms with van der Waals surface area (Å²) in [4.78, 5) is 16.6. The van der Waals surface area contributed by atoms with Crippen LogP contribution in [0, 0.1) is 11.6 Å². The summed E-state index contributed by atoms with van der Waals surface area (Å²) in [6, 6.07) is 9.39. The Morgan fingerprint density at radius 1 is 1.14 bits per heavy atom. The zero-order chi connectivity index (χ0) is 26.6. The fraction of sp³-hybridized carbons (Fsp3) is 0.483. The van der Waals surface area contributed by atoms with Crippen molar-refractivity contribution >= 4 is 16.9 Å². The number of rotatable bonds is 11. The standard InChI is InChI=1S/C29H35F3N2O3/c1-4-36-25(35)12-6-5-9-15-37-19-16-22(30)26(23(31)17-19)28-27-21(13-14-34(28)18-29(2,3)32)20-10-7-8-11-24(20)33-27/h7-8,10-11,16-17,28,33H,4-6,9,12-15,18H2,1-3H3. The smallest absolute Gasteiger partial charge is 0.305 e. The third-order valence-corrected chi connectivity index (χ3v) is 6.64. The molecule has 2 aromatic carbocycles. The van der Waals surface area contributed by atoms with Crippen LogP contribution in [0.4, 0.5) is 13.2 Å². The predicted octanol–water partition coefficient (Wildman–Crippen LogP) is 6.64. The second-order valence-corrected chi connectivity index (χ2v) is 10.2. The molecule has 0 spiro atoms. The Labute approximate surface area is 215 Å². The van der Waals surface area contributed by atoms with Gasteiger partial charge >= 0.3 is 5.97 Å². The van der Waals surface area contributed by atoms with Gasteiger partial charge in [0.1, 0.15) is 23.1 Å². The summed E-state index contributed by atoms with van der Waals surface area (Å²) in [6.45, 7) is 5.87. The molecule has 1 N–H and O–H groups in total. The summed E-state index contributed by atoms with van der Waals surface area (Å²) in [7, 11) is 0. The number of benzene rings is 2. The summed E-state index contributed by atoms with van der Waals surface area (Å²) in [5.41, 5.74) is 0.951. The van der Waals surface area contributed by atoms with Crippen molar-refractivity contribution in [2.45, 2.75) is 64.6 Å². The molecule has 2 heterocycles. The molecule has 8 heteroatoms. The summed E-state index contributed by atoms with van der Waals surface area (Å²) in [5, 5.41) is 1.02. The van der Waals surface area contributed by atoms with Crippen LogP contribution >= 0.6 is 0 Å². The Morgan fingerprint density at radius 2 is 1.86 bits per heavy atom. The lowest BCUT2D eigenvalue weighted by atomic mass is 9.90. The highest BCUT2D eigenvalue weighted by molar-refractivity contribution is 5.85. The minimum Gasteiger partial charge on any atom is -0.493 e. The van der Waals surface area contributed by atoms with Gasteiger partial charge in [-0.1, -0.05) is 18.2 Å². The molecule has 1 aliphatic rings. The van der Waals surface area contributed by atoms with Crippen LogP contribution < -0.4 is 4.74 Å². The maximum atomic E-state index is 15.5. The number of para-hydroxylation sites is 1. The first-order valence-corrected chi connectivity index (χ1v) is 13.0.